The quantitative estimate of drug-likeness (QED) is 0.664. The molecule has 2 fully saturated rings. The molecule has 29 heavy (non-hydrogen) atoms. The maximum Gasteiger partial charge on any atom is 0.245 e. The number of nitrogens with zero attached hydrogens (tertiary/aromatic N) is 7. The summed E-state index contributed by atoms with van der Waals surface area (Å²) in [6, 6.07) is 7.74. The fourth-order valence-corrected chi connectivity index (χ4v) is 4.25. The molecule has 1 aliphatic carbocycles. The van der Waals surface area contributed by atoms with Crippen LogP contribution in [-0.4, -0.2) is 55.2 Å². The number of fused-ring (bicyclic) bond motifs is 1. The largest absolute Gasteiger partial charge is 0.344 e. The van der Waals surface area contributed by atoms with E-state index in [4.69, 9.17) is 0 Å². The lowest BCUT2D eigenvalue weighted by atomic mass is 10.1. The molecule has 1 aromatic carbocycles. The molecule has 1 aliphatic heterocycles. The van der Waals surface area contributed by atoms with Crippen LogP contribution in [0.2, 0.25) is 0 Å². The van der Waals surface area contributed by atoms with Crippen molar-refractivity contribution in [3.63, 3.8) is 0 Å². The number of amides is 1. The van der Waals surface area contributed by atoms with Crippen molar-refractivity contribution in [2.24, 2.45) is 7.05 Å². The summed E-state index contributed by atoms with van der Waals surface area (Å²) in [4.78, 5) is 26.1. The molecule has 0 N–H and O–H groups in total. The third kappa shape index (κ3) is 3.22. The molecule has 0 bridgehead atoms. The number of hydrogen-bond acceptors (Lipinski definition) is 6. The first-order chi connectivity index (χ1) is 14.1. The molecule has 0 spiro atoms. The van der Waals surface area contributed by atoms with Crippen molar-refractivity contribution in [3.8, 4) is 0 Å². The Hall–Kier alpha value is -3.03. The molecule has 2 aliphatic rings. The van der Waals surface area contributed by atoms with E-state index in [0.717, 1.165) is 47.8 Å². The van der Waals surface area contributed by atoms with Crippen molar-refractivity contribution < 1.29 is 4.79 Å². The maximum atomic E-state index is 13.3. The zero-order valence-electron chi connectivity index (χ0n) is 16.8. The van der Waals surface area contributed by atoms with Crippen molar-refractivity contribution >= 4 is 22.6 Å². The molecule has 2 aromatic heterocycles. The summed E-state index contributed by atoms with van der Waals surface area (Å²) in [5, 5.41) is 9.65. The van der Waals surface area contributed by atoms with Gasteiger partial charge < -0.3 is 14.4 Å². The molecule has 1 atom stereocenters. The molecule has 1 unspecified atom stereocenters. The van der Waals surface area contributed by atoms with E-state index in [0.29, 0.717) is 12.5 Å². The van der Waals surface area contributed by atoms with E-state index in [1.54, 1.807) is 11.2 Å². The lowest BCUT2D eigenvalue weighted by molar-refractivity contribution is -0.131. The molecule has 1 saturated heterocycles. The van der Waals surface area contributed by atoms with Crippen LogP contribution in [0.4, 0.5) is 5.82 Å². The molecule has 5 rings (SSSR count). The third-order valence-corrected chi connectivity index (χ3v) is 6.03. The van der Waals surface area contributed by atoms with E-state index < -0.39 is 0 Å². The van der Waals surface area contributed by atoms with Gasteiger partial charge in [0.15, 0.2) is 5.82 Å². The van der Waals surface area contributed by atoms with Gasteiger partial charge in [-0.25, -0.2) is 9.97 Å². The smallest absolute Gasteiger partial charge is 0.245 e. The molecule has 0 radical (unpaired) electrons. The standard InChI is InChI=1S/C21H25N7O/c1-26(12-18-24-25-19(27(18)2)14-9-10-14)21(29)17-8-5-11-28(17)20-15-6-3-4-7-16(15)22-13-23-20/h3-4,6-7,13-14,17H,5,8-12H2,1-2H3. The molecule has 1 amide bonds. The van der Waals surface area contributed by atoms with Gasteiger partial charge in [0, 0.05) is 31.9 Å². The van der Waals surface area contributed by atoms with Gasteiger partial charge in [0.25, 0.3) is 0 Å². The van der Waals surface area contributed by atoms with E-state index in [1.165, 1.54) is 12.8 Å². The molecule has 1 saturated carbocycles. The SMILES string of the molecule is CN(Cc1nnc(C2CC2)n1C)C(=O)C1CCCN1c1ncnc2ccccc12. The average molecular weight is 391 g/mol. The van der Waals surface area contributed by atoms with Crippen LogP contribution in [0, 0.1) is 0 Å². The van der Waals surface area contributed by atoms with Crippen LogP contribution in [0.3, 0.4) is 0 Å². The highest BCUT2D eigenvalue weighted by molar-refractivity contribution is 5.93. The summed E-state index contributed by atoms with van der Waals surface area (Å²) < 4.78 is 2.05. The van der Waals surface area contributed by atoms with Gasteiger partial charge in [-0.15, -0.1) is 10.2 Å². The molecule has 8 heteroatoms. The average Bonchev–Trinajstić information content (AvgIpc) is 3.35. The van der Waals surface area contributed by atoms with Gasteiger partial charge in [0.05, 0.1) is 12.1 Å². The number of carbonyl (C=O) groups is 1. The Bertz CT molecular complexity index is 1050. The Labute approximate surface area is 169 Å². The third-order valence-electron chi connectivity index (χ3n) is 6.03. The second-order valence-corrected chi connectivity index (χ2v) is 8.07. The number of rotatable bonds is 5. The lowest BCUT2D eigenvalue weighted by Gasteiger charge is -2.29. The molecular formula is C21H25N7O. The van der Waals surface area contributed by atoms with E-state index in [1.807, 2.05) is 42.9 Å². The van der Waals surface area contributed by atoms with Crippen LogP contribution in [0.15, 0.2) is 30.6 Å². The van der Waals surface area contributed by atoms with Crippen LogP contribution in [0.5, 0.6) is 0 Å². The number of para-hydroxylation sites is 1. The van der Waals surface area contributed by atoms with Gasteiger partial charge >= 0.3 is 0 Å². The van der Waals surface area contributed by atoms with Crippen LogP contribution in [0.25, 0.3) is 10.9 Å². The minimum absolute atomic E-state index is 0.0983. The van der Waals surface area contributed by atoms with E-state index in [-0.39, 0.29) is 11.9 Å². The first-order valence-corrected chi connectivity index (χ1v) is 10.2. The number of benzene rings is 1. The van der Waals surface area contributed by atoms with Gasteiger partial charge in [-0.3, -0.25) is 4.79 Å². The zero-order valence-corrected chi connectivity index (χ0v) is 16.8. The predicted molar refractivity (Wildman–Crippen MR) is 109 cm³/mol. The minimum Gasteiger partial charge on any atom is -0.344 e. The Morgan fingerprint density at radius 2 is 2.00 bits per heavy atom. The van der Waals surface area contributed by atoms with Crippen molar-refractivity contribution in [2.75, 3.05) is 18.5 Å². The number of hydrogen-bond donors (Lipinski definition) is 0. The summed E-state index contributed by atoms with van der Waals surface area (Å²) in [7, 11) is 3.85. The molecular weight excluding hydrogens is 366 g/mol. The lowest BCUT2D eigenvalue weighted by Crippen LogP contribution is -2.44. The number of carbonyl (C=O) groups excluding carboxylic acids is 1. The van der Waals surface area contributed by atoms with Gasteiger partial charge in [-0.05, 0) is 37.8 Å². The highest BCUT2D eigenvalue weighted by atomic mass is 16.2. The fraction of sp³-hybridized carbons (Fsp3) is 0.476. The summed E-state index contributed by atoms with van der Waals surface area (Å²) in [5.41, 5.74) is 0.899. The number of anilines is 1. The minimum atomic E-state index is -0.213. The fourth-order valence-electron chi connectivity index (χ4n) is 4.25. The van der Waals surface area contributed by atoms with Crippen molar-refractivity contribution in [3.05, 3.63) is 42.2 Å². The normalized spacial score (nSPS) is 19.1. The Balaban J connectivity index is 1.37. The molecule has 150 valence electrons. The Kier molecular flexibility index (Phi) is 4.41. The Morgan fingerprint density at radius 1 is 1.17 bits per heavy atom. The first kappa shape index (κ1) is 18.0. The van der Waals surface area contributed by atoms with Crippen LogP contribution < -0.4 is 4.90 Å². The van der Waals surface area contributed by atoms with Crippen LogP contribution in [-0.2, 0) is 18.4 Å². The van der Waals surface area contributed by atoms with E-state index >= 15 is 0 Å². The molecule has 8 nitrogen and oxygen atoms in total. The summed E-state index contributed by atoms with van der Waals surface area (Å²) in [6.07, 6.45) is 5.75. The first-order valence-electron chi connectivity index (χ1n) is 10.2. The second-order valence-electron chi connectivity index (χ2n) is 8.07. The van der Waals surface area contributed by atoms with Crippen molar-refractivity contribution in [1.29, 1.82) is 0 Å². The highest BCUT2D eigenvalue weighted by Gasteiger charge is 2.35. The van der Waals surface area contributed by atoms with Crippen LogP contribution in [0.1, 0.15) is 43.3 Å². The van der Waals surface area contributed by atoms with Crippen molar-refractivity contribution in [2.45, 2.75) is 44.2 Å². The molecule has 3 aromatic rings. The molecule has 3 heterocycles. The van der Waals surface area contributed by atoms with Gasteiger partial charge in [0.2, 0.25) is 5.91 Å². The van der Waals surface area contributed by atoms with E-state index in [2.05, 4.69) is 25.1 Å². The highest BCUT2D eigenvalue weighted by Crippen LogP contribution is 2.38. The van der Waals surface area contributed by atoms with Gasteiger partial charge in [0.1, 0.15) is 24.0 Å². The summed E-state index contributed by atoms with van der Waals surface area (Å²) in [6.45, 7) is 1.28. The van der Waals surface area contributed by atoms with Gasteiger partial charge in [-0.1, -0.05) is 12.1 Å². The van der Waals surface area contributed by atoms with Crippen molar-refractivity contribution in [1.82, 2.24) is 29.6 Å². The van der Waals surface area contributed by atoms with Gasteiger partial charge in [-0.2, -0.15) is 0 Å². The van der Waals surface area contributed by atoms with Crippen LogP contribution >= 0.6 is 0 Å². The maximum absolute atomic E-state index is 13.3. The monoisotopic (exact) mass is 391 g/mol. The topological polar surface area (TPSA) is 80.0 Å². The zero-order chi connectivity index (χ0) is 20.0. The summed E-state index contributed by atoms with van der Waals surface area (Å²) in [5.74, 6) is 3.35. The number of likely N-dealkylation sites (N-methyl/N-ethyl adjacent to an activating group) is 1. The van der Waals surface area contributed by atoms with E-state index in [9.17, 15) is 4.79 Å². The Morgan fingerprint density at radius 3 is 2.83 bits per heavy atom. The predicted octanol–water partition coefficient (Wildman–Crippen LogP) is 2.26. The number of aromatic nitrogens is 5. The summed E-state index contributed by atoms with van der Waals surface area (Å²) >= 11 is 0. The second kappa shape index (κ2) is 7.09.